The molecule has 0 saturated heterocycles. The van der Waals surface area contributed by atoms with Crippen LogP contribution in [0.15, 0.2) is 17.3 Å². The topological polar surface area (TPSA) is 51.6 Å². The average Bonchev–Trinajstić information content (AvgIpc) is 2.09. The number of aromatic nitrogens is 1. The average molecular weight is 164 g/mol. The van der Waals surface area contributed by atoms with Gasteiger partial charge in [-0.05, 0) is 13.0 Å². The van der Waals surface area contributed by atoms with Gasteiger partial charge in [0.1, 0.15) is 5.75 Å². The highest BCUT2D eigenvalue weighted by Crippen LogP contribution is 2.23. The van der Waals surface area contributed by atoms with Gasteiger partial charge in [0.15, 0.2) is 5.82 Å². The molecule has 62 valence electrons. The van der Waals surface area contributed by atoms with Crippen LogP contribution in [-0.2, 0) is 4.79 Å². The molecule has 0 aliphatic rings. The van der Waals surface area contributed by atoms with Crippen LogP contribution in [-0.4, -0.2) is 18.2 Å². The van der Waals surface area contributed by atoms with Crippen LogP contribution in [0.3, 0.4) is 0 Å². The molecule has 0 amide bonds. The first kappa shape index (κ1) is 8.43. The van der Waals surface area contributed by atoms with E-state index in [2.05, 4.69) is 9.98 Å². The molecular weight excluding hydrogens is 156 g/mol. The molecule has 1 aromatic rings. The smallest absolute Gasteiger partial charge is 0.242 e. The van der Waals surface area contributed by atoms with Crippen molar-refractivity contribution in [2.45, 2.75) is 6.92 Å². The Kier molecular flexibility index (Phi) is 2.56. The Morgan fingerprint density at radius 1 is 1.67 bits per heavy atom. The van der Waals surface area contributed by atoms with Gasteiger partial charge in [0, 0.05) is 11.8 Å². The number of hydrogen-bond donors (Lipinski definition) is 0. The largest absolute Gasteiger partial charge is 0.496 e. The van der Waals surface area contributed by atoms with E-state index in [1.165, 1.54) is 12.3 Å². The highest BCUT2D eigenvalue weighted by molar-refractivity contribution is 5.52. The Morgan fingerprint density at radius 3 is 3.00 bits per heavy atom. The second-order valence-corrected chi connectivity index (χ2v) is 2.16. The summed E-state index contributed by atoms with van der Waals surface area (Å²) in [6, 6.07) is 1.71. The molecule has 0 aromatic carbocycles. The minimum Gasteiger partial charge on any atom is -0.496 e. The third kappa shape index (κ3) is 1.49. The summed E-state index contributed by atoms with van der Waals surface area (Å²) in [5, 5.41) is 0. The fraction of sp³-hybridized carbons (Fsp3) is 0.250. The van der Waals surface area contributed by atoms with Crippen molar-refractivity contribution in [1.82, 2.24) is 4.98 Å². The molecule has 4 heteroatoms. The number of pyridine rings is 1. The summed E-state index contributed by atoms with van der Waals surface area (Å²) < 4.78 is 5.00. The second kappa shape index (κ2) is 3.64. The summed E-state index contributed by atoms with van der Waals surface area (Å²) in [6.07, 6.45) is 2.96. The summed E-state index contributed by atoms with van der Waals surface area (Å²) in [7, 11) is 1.55. The van der Waals surface area contributed by atoms with Crippen LogP contribution in [0.2, 0.25) is 0 Å². The first-order valence-corrected chi connectivity index (χ1v) is 3.37. The zero-order valence-corrected chi connectivity index (χ0v) is 6.87. The van der Waals surface area contributed by atoms with Gasteiger partial charge in [-0.3, -0.25) is 0 Å². The number of aliphatic imine (C=N–C) groups is 1. The lowest BCUT2D eigenvalue weighted by Crippen LogP contribution is -1.88. The summed E-state index contributed by atoms with van der Waals surface area (Å²) in [5.74, 6) is 1.02. The Labute approximate surface area is 69.9 Å². The molecule has 0 bridgehead atoms. The summed E-state index contributed by atoms with van der Waals surface area (Å²) in [6.45, 7) is 1.78. The number of nitrogens with zero attached hydrogens (tertiary/aromatic N) is 2. The van der Waals surface area contributed by atoms with Crippen LogP contribution in [0.5, 0.6) is 5.75 Å². The first-order valence-electron chi connectivity index (χ1n) is 3.37. The molecule has 0 spiro atoms. The van der Waals surface area contributed by atoms with Crippen molar-refractivity contribution in [3.63, 3.8) is 0 Å². The minimum atomic E-state index is 0.351. The number of isocyanates is 1. The van der Waals surface area contributed by atoms with Crippen molar-refractivity contribution in [2.75, 3.05) is 7.11 Å². The van der Waals surface area contributed by atoms with E-state index < -0.39 is 0 Å². The van der Waals surface area contributed by atoms with E-state index in [-0.39, 0.29) is 0 Å². The Morgan fingerprint density at radius 2 is 2.42 bits per heavy atom. The Hall–Kier alpha value is -1.67. The lowest BCUT2D eigenvalue weighted by atomic mass is 10.2. The second-order valence-electron chi connectivity index (χ2n) is 2.16. The van der Waals surface area contributed by atoms with E-state index in [1.54, 1.807) is 20.1 Å². The maximum atomic E-state index is 9.95. The van der Waals surface area contributed by atoms with Gasteiger partial charge in [-0.25, -0.2) is 9.78 Å². The van der Waals surface area contributed by atoms with Crippen LogP contribution < -0.4 is 4.74 Å². The monoisotopic (exact) mass is 164 g/mol. The van der Waals surface area contributed by atoms with Gasteiger partial charge in [-0.15, -0.1) is 4.99 Å². The number of rotatable bonds is 2. The highest BCUT2D eigenvalue weighted by atomic mass is 16.5. The maximum Gasteiger partial charge on any atom is 0.242 e. The fourth-order valence-electron chi connectivity index (χ4n) is 0.885. The normalized spacial score (nSPS) is 8.83. The lowest BCUT2D eigenvalue weighted by molar-refractivity contribution is 0.411. The summed E-state index contributed by atoms with van der Waals surface area (Å²) >= 11 is 0. The molecule has 0 saturated carbocycles. The summed E-state index contributed by atoms with van der Waals surface area (Å²) in [4.78, 5) is 17.2. The van der Waals surface area contributed by atoms with Gasteiger partial charge < -0.3 is 4.74 Å². The van der Waals surface area contributed by atoms with Gasteiger partial charge in [0.2, 0.25) is 6.08 Å². The predicted octanol–water partition coefficient (Wildman–Crippen LogP) is 1.37. The zero-order chi connectivity index (χ0) is 8.97. The van der Waals surface area contributed by atoms with Crippen molar-refractivity contribution < 1.29 is 9.53 Å². The van der Waals surface area contributed by atoms with Gasteiger partial charge in [-0.2, -0.15) is 0 Å². The van der Waals surface area contributed by atoms with E-state index in [4.69, 9.17) is 4.74 Å². The Bertz CT molecular complexity index is 330. The molecule has 1 aromatic heterocycles. The lowest BCUT2D eigenvalue weighted by Gasteiger charge is -2.03. The molecule has 1 rings (SSSR count). The van der Waals surface area contributed by atoms with Crippen molar-refractivity contribution in [3.05, 3.63) is 17.8 Å². The van der Waals surface area contributed by atoms with Gasteiger partial charge in [0.05, 0.1) is 7.11 Å². The maximum absolute atomic E-state index is 9.95. The molecule has 0 unspecified atom stereocenters. The molecule has 4 nitrogen and oxygen atoms in total. The van der Waals surface area contributed by atoms with Crippen molar-refractivity contribution in [3.8, 4) is 5.75 Å². The van der Waals surface area contributed by atoms with E-state index in [1.807, 2.05) is 0 Å². The molecule has 0 radical (unpaired) electrons. The third-order valence-corrected chi connectivity index (χ3v) is 1.50. The molecule has 0 N–H and O–H groups in total. The molecule has 0 fully saturated rings. The standard InChI is InChI=1S/C8H8N2O2/c1-6-7(12-2)3-4-9-8(6)10-5-11/h3-4H,1-2H3. The van der Waals surface area contributed by atoms with E-state index >= 15 is 0 Å². The molecule has 0 atom stereocenters. The number of hydrogen-bond acceptors (Lipinski definition) is 4. The van der Waals surface area contributed by atoms with Gasteiger partial charge in [-0.1, -0.05) is 0 Å². The van der Waals surface area contributed by atoms with Crippen molar-refractivity contribution in [2.24, 2.45) is 4.99 Å². The van der Waals surface area contributed by atoms with Crippen molar-refractivity contribution in [1.29, 1.82) is 0 Å². The van der Waals surface area contributed by atoms with Gasteiger partial charge in [0.25, 0.3) is 0 Å². The molecule has 1 heterocycles. The first-order chi connectivity index (χ1) is 5.79. The highest BCUT2D eigenvalue weighted by Gasteiger charge is 2.02. The van der Waals surface area contributed by atoms with Crippen LogP contribution >= 0.6 is 0 Å². The zero-order valence-electron chi connectivity index (χ0n) is 6.87. The minimum absolute atomic E-state index is 0.351. The molecule has 12 heavy (non-hydrogen) atoms. The molecule has 0 aliphatic carbocycles. The number of carbonyl (C=O) groups excluding carboxylic acids is 1. The SMILES string of the molecule is COc1ccnc(N=C=O)c1C. The molecular formula is C8H8N2O2. The van der Waals surface area contributed by atoms with E-state index in [0.29, 0.717) is 11.6 Å². The van der Waals surface area contributed by atoms with Crippen LogP contribution in [0.1, 0.15) is 5.56 Å². The van der Waals surface area contributed by atoms with Crippen LogP contribution in [0, 0.1) is 6.92 Å². The van der Waals surface area contributed by atoms with E-state index in [9.17, 15) is 4.79 Å². The third-order valence-electron chi connectivity index (χ3n) is 1.50. The predicted molar refractivity (Wildman–Crippen MR) is 43.3 cm³/mol. The summed E-state index contributed by atoms with van der Waals surface area (Å²) in [5.41, 5.74) is 0.739. The van der Waals surface area contributed by atoms with Crippen molar-refractivity contribution >= 4 is 11.9 Å². The van der Waals surface area contributed by atoms with Crippen LogP contribution in [0.4, 0.5) is 5.82 Å². The van der Waals surface area contributed by atoms with E-state index in [0.717, 1.165) is 5.56 Å². The van der Waals surface area contributed by atoms with Gasteiger partial charge >= 0.3 is 0 Å². The van der Waals surface area contributed by atoms with Crippen LogP contribution in [0.25, 0.3) is 0 Å². The quantitative estimate of drug-likeness (QED) is 0.490. The Balaban J connectivity index is 3.22. The fourth-order valence-corrected chi connectivity index (χ4v) is 0.885. The number of ether oxygens (including phenoxy) is 1. The molecule has 0 aliphatic heterocycles. The number of methoxy groups -OCH3 is 1.